The number of benzene rings is 2. The van der Waals surface area contributed by atoms with Crippen molar-refractivity contribution in [2.45, 2.75) is 32.4 Å². The van der Waals surface area contributed by atoms with Crippen LogP contribution in [0.2, 0.25) is 0 Å². The van der Waals surface area contributed by atoms with E-state index in [9.17, 15) is 0 Å². The highest BCUT2D eigenvalue weighted by Gasteiger charge is 2.28. The van der Waals surface area contributed by atoms with Gasteiger partial charge in [0.25, 0.3) is 0 Å². The van der Waals surface area contributed by atoms with Crippen LogP contribution in [-0.4, -0.2) is 29.6 Å². The second-order valence-corrected chi connectivity index (χ2v) is 8.40. The first-order valence-corrected chi connectivity index (χ1v) is 10.8. The number of aromatic nitrogens is 1. The van der Waals surface area contributed by atoms with Crippen molar-refractivity contribution in [3.05, 3.63) is 64.7 Å². The summed E-state index contributed by atoms with van der Waals surface area (Å²) in [6.45, 7) is 5.38. The number of aryl methyl sites for hydroxylation is 1. The highest BCUT2D eigenvalue weighted by molar-refractivity contribution is 7.13. The zero-order valence-corrected chi connectivity index (χ0v) is 16.9. The van der Waals surface area contributed by atoms with Gasteiger partial charge in [-0.15, -0.1) is 11.3 Å². The van der Waals surface area contributed by atoms with Gasteiger partial charge in [0.15, 0.2) is 11.5 Å². The molecule has 144 valence electrons. The van der Waals surface area contributed by atoms with Gasteiger partial charge in [0.1, 0.15) is 18.2 Å². The maximum atomic E-state index is 5.78. The van der Waals surface area contributed by atoms with Gasteiger partial charge >= 0.3 is 0 Å². The van der Waals surface area contributed by atoms with Crippen molar-refractivity contribution in [3.8, 4) is 22.1 Å². The molecule has 5 rings (SSSR count). The van der Waals surface area contributed by atoms with E-state index in [-0.39, 0.29) is 0 Å². The minimum Gasteiger partial charge on any atom is -0.486 e. The van der Waals surface area contributed by atoms with E-state index in [2.05, 4.69) is 59.7 Å². The van der Waals surface area contributed by atoms with Crippen LogP contribution in [0.25, 0.3) is 10.6 Å². The molecule has 28 heavy (non-hydrogen) atoms. The summed E-state index contributed by atoms with van der Waals surface area (Å²) in [4.78, 5) is 7.45. The smallest absolute Gasteiger partial charge is 0.161 e. The lowest BCUT2D eigenvalue weighted by Gasteiger charge is -2.26. The average molecular weight is 393 g/mol. The van der Waals surface area contributed by atoms with Crippen molar-refractivity contribution in [2.75, 3.05) is 19.8 Å². The van der Waals surface area contributed by atoms with Crippen LogP contribution in [0.5, 0.6) is 11.5 Å². The normalized spacial score (nSPS) is 19.1. The number of thiazole rings is 1. The van der Waals surface area contributed by atoms with E-state index in [4.69, 9.17) is 14.5 Å². The Hall–Kier alpha value is -2.37. The molecule has 0 amide bonds. The third-order valence-corrected chi connectivity index (χ3v) is 6.47. The van der Waals surface area contributed by atoms with Gasteiger partial charge in [-0.3, -0.25) is 4.90 Å². The Kier molecular flexibility index (Phi) is 4.79. The van der Waals surface area contributed by atoms with Crippen molar-refractivity contribution in [1.29, 1.82) is 0 Å². The summed E-state index contributed by atoms with van der Waals surface area (Å²) < 4.78 is 11.5. The molecule has 0 saturated carbocycles. The highest BCUT2D eigenvalue weighted by Crippen LogP contribution is 2.39. The Bertz CT molecular complexity index is 967. The first-order valence-electron chi connectivity index (χ1n) is 9.91. The van der Waals surface area contributed by atoms with Crippen LogP contribution in [0.1, 0.15) is 35.7 Å². The van der Waals surface area contributed by atoms with E-state index in [1.807, 2.05) is 0 Å². The molecule has 0 spiro atoms. The zero-order chi connectivity index (χ0) is 18.9. The quantitative estimate of drug-likeness (QED) is 0.609. The molecule has 2 aliphatic heterocycles. The van der Waals surface area contributed by atoms with Crippen molar-refractivity contribution >= 4 is 11.3 Å². The maximum Gasteiger partial charge on any atom is 0.161 e. The highest BCUT2D eigenvalue weighted by atomic mass is 32.1. The van der Waals surface area contributed by atoms with E-state index < -0.39 is 0 Å². The zero-order valence-electron chi connectivity index (χ0n) is 16.1. The van der Waals surface area contributed by atoms with Crippen LogP contribution in [0.3, 0.4) is 0 Å². The summed E-state index contributed by atoms with van der Waals surface area (Å²) in [5.74, 6) is 1.74. The standard InChI is InChI=1S/C23H24N2O2S/c1-16-4-6-17(7-5-16)23-24-19(15-28-23)14-25-10-2-3-20(25)18-8-9-21-22(13-18)27-12-11-26-21/h4-9,13,15,20H,2-3,10-12,14H2,1H3/t20-/m0/s1. The summed E-state index contributed by atoms with van der Waals surface area (Å²) in [5.41, 5.74) is 4.95. The fourth-order valence-corrected chi connectivity index (χ4v) is 4.89. The van der Waals surface area contributed by atoms with Crippen molar-refractivity contribution < 1.29 is 9.47 Å². The molecule has 1 atom stereocenters. The number of hydrogen-bond donors (Lipinski definition) is 0. The summed E-state index contributed by atoms with van der Waals surface area (Å²) in [7, 11) is 0. The fourth-order valence-electron chi connectivity index (χ4n) is 4.08. The molecular weight excluding hydrogens is 368 g/mol. The number of nitrogens with zero attached hydrogens (tertiary/aromatic N) is 2. The Labute approximate surface area is 169 Å². The fraction of sp³-hybridized carbons (Fsp3) is 0.348. The molecule has 3 heterocycles. The Morgan fingerprint density at radius 2 is 1.89 bits per heavy atom. The van der Waals surface area contributed by atoms with Crippen LogP contribution in [-0.2, 0) is 6.54 Å². The molecule has 2 aliphatic rings. The van der Waals surface area contributed by atoms with Crippen LogP contribution < -0.4 is 9.47 Å². The number of hydrogen-bond acceptors (Lipinski definition) is 5. The third kappa shape index (κ3) is 3.52. The first-order chi connectivity index (χ1) is 13.8. The van der Waals surface area contributed by atoms with Gasteiger partial charge in [-0.25, -0.2) is 4.98 Å². The predicted octanol–water partition coefficient (Wildman–Crippen LogP) is 5.23. The second kappa shape index (κ2) is 7.57. The van der Waals surface area contributed by atoms with Crippen molar-refractivity contribution in [2.24, 2.45) is 0 Å². The molecule has 0 unspecified atom stereocenters. The lowest BCUT2D eigenvalue weighted by Crippen LogP contribution is -2.23. The predicted molar refractivity (Wildman–Crippen MR) is 112 cm³/mol. The minimum atomic E-state index is 0.417. The van der Waals surface area contributed by atoms with Gasteiger partial charge < -0.3 is 9.47 Å². The lowest BCUT2D eigenvalue weighted by atomic mass is 10.0. The van der Waals surface area contributed by atoms with E-state index in [1.165, 1.54) is 29.5 Å². The first kappa shape index (κ1) is 17.7. The summed E-state index contributed by atoms with van der Waals surface area (Å²) in [6.07, 6.45) is 2.39. The Balaban J connectivity index is 1.33. The number of likely N-dealkylation sites (tertiary alicyclic amines) is 1. The Morgan fingerprint density at radius 1 is 1.07 bits per heavy atom. The number of rotatable bonds is 4. The SMILES string of the molecule is Cc1ccc(-c2nc(CN3CCC[C@H]3c3ccc4c(c3)OCCO4)cs2)cc1. The average Bonchev–Trinajstić information content (AvgIpc) is 3.38. The molecule has 0 radical (unpaired) electrons. The molecule has 2 aromatic carbocycles. The van der Waals surface area contributed by atoms with Gasteiger partial charge in [0.2, 0.25) is 0 Å². The van der Waals surface area contributed by atoms with E-state index in [1.54, 1.807) is 11.3 Å². The molecule has 5 heteroatoms. The third-order valence-electron chi connectivity index (χ3n) is 5.53. The summed E-state index contributed by atoms with van der Waals surface area (Å²) in [5, 5.41) is 3.30. The van der Waals surface area contributed by atoms with Crippen LogP contribution in [0, 0.1) is 6.92 Å². The van der Waals surface area contributed by atoms with E-state index in [0.29, 0.717) is 19.3 Å². The maximum absolute atomic E-state index is 5.78. The minimum absolute atomic E-state index is 0.417. The second-order valence-electron chi connectivity index (χ2n) is 7.54. The molecular formula is C23H24N2O2S. The van der Waals surface area contributed by atoms with Gasteiger partial charge in [0, 0.05) is 23.5 Å². The van der Waals surface area contributed by atoms with Crippen LogP contribution in [0.15, 0.2) is 47.8 Å². The molecule has 0 aliphatic carbocycles. The van der Waals surface area contributed by atoms with Crippen LogP contribution >= 0.6 is 11.3 Å². The largest absolute Gasteiger partial charge is 0.486 e. The lowest BCUT2D eigenvalue weighted by molar-refractivity contribution is 0.170. The molecule has 0 N–H and O–H groups in total. The topological polar surface area (TPSA) is 34.6 Å². The summed E-state index contributed by atoms with van der Waals surface area (Å²) >= 11 is 1.73. The van der Waals surface area contributed by atoms with Gasteiger partial charge in [-0.05, 0) is 44.0 Å². The van der Waals surface area contributed by atoms with Crippen molar-refractivity contribution in [3.63, 3.8) is 0 Å². The molecule has 4 nitrogen and oxygen atoms in total. The van der Waals surface area contributed by atoms with Crippen molar-refractivity contribution in [1.82, 2.24) is 9.88 Å². The van der Waals surface area contributed by atoms with E-state index >= 15 is 0 Å². The number of ether oxygens (including phenoxy) is 2. The molecule has 3 aromatic rings. The van der Waals surface area contributed by atoms with E-state index in [0.717, 1.165) is 35.3 Å². The molecule has 1 aromatic heterocycles. The van der Waals surface area contributed by atoms with Gasteiger partial charge in [-0.2, -0.15) is 0 Å². The molecule has 1 fully saturated rings. The molecule has 0 bridgehead atoms. The summed E-state index contributed by atoms with van der Waals surface area (Å²) in [6, 6.07) is 15.4. The van der Waals surface area contributed by atoms with Crippen LogP contribution in [0.4, 0.5) is 0 Å². The Morgan fingerprint density at radius 3 is 2.75 bits per heavy atom. The van der Waals surface area contributed by atoms with Gasteiger partial charge in [-0.1, -0.05) is 35.9 Å². The van der Waals surface area contributed by atoms with Gasteiger partial charge in [0.05, 0.1) is 5.69 Å². The monoisotopic (exact) mass is 392 g/mol. The number of fused-ring (bicyclic) bond motifs is 1. The molecule has 1 saturated heterocycles.